The summed E-state index contributed by atoms with van der Waals surface area (Å²) in [4.78, 5) is 12.2. The molecule has 0 saturated carbocycles. The van der Waals surface area contributed by atoms with Crippen molar-refractivity contribution in [2.45, 2.75) is 40.2 Å². The molecule has 2 unspecified atom stereocenters. The first-order chi connectivity index (χ1) is 7.47. The Hall–Kier alpha value is -1.15. The molecule has 0 spiro atoms. The third kappa shape index (κ3) is 2.70. The topological polar surface area (TPSA) is 43.1 Å². The number of carbonyl (C=O) groups excluding carboxylic acids is 1. The van der Waals surface area contributed by atoms with Crippen LogP contribution in [0.25, 0.3) is 0 Å². The fourth-order valence-corrected chi connectivity index (χ4v) is 1.69. The maximum atomic E-state index is 12.2. The van der Waals surface area contributed by atoms with E-state index < -0.39 is 0 Å². The lowest BCUT2D eigenvalue weighted by Crippen LogP contribution is -2.37. The molecule has 0 amide bonds. The van der Waals surface area contributed by atoms with E-state index in [4.69, 9.17) is 5.73 Å². The number of aryl methyl sites for hydroxylation is 2. The Morgan fingerprint density at radius 1 is 1.38 bits per heavy atom. The van der Waals surface area contributed by atoms with Crippen molar-refractivity contribution < 1.29 is 4.79 Å². The van der Waals surface area contributed by atoms with Gasteiger partial charge >= 0.3 is 0 Å². The number of nitrogens with two attached hydrogens (primary N) is 1. The zero-order valence-electron chi connectivity index (χ0n) is 10.6. The summed E-state index contributed by atoms with van der Waals surface area (Å²) in [5.41, 5.74) is 8.85. The summed E-state index contributed by atoms with van der Waals surface area (Å²) in [6, 6.07) is 5.54. The molecule has 1 aromatic rings. The number of benzene rings is 1. The number of hydrogen-bond donors (Lipinski definition) is 1. The molecule has 0 radical (unpaired) electrons. The van der Waals surface area contributed by atoms with Crippen LogP contribution in [0.3, 0.4) is 0 Å². The minimum Gasteiger partial charge on any atom is -0.321 e. The highest BCUT2D eigenvalue weighted by Gasteiger charge is 2.22. The summed E-state index contributed by atoms with van der Waals surface area (Å²) in [6.45, 7) is 8.02. The SMILES string of the molecule is CCC(C)C(N)C(=O)c1cc(C)ccc1C. The van der Waals surface area contributed by atoms with Crippen LogP contribution < -0.4 is 5.73 Å². The Kier molecular flexibility index (Phi) is 4.25. The second kappa shape index (κ2) is 5.26. The average Bonchev–Trinajstić information content (AvgIpc) is 2.29. The lowest BCUT2D eigenvalue weighted by molar-refractivity contribution is 0.0934. The normalized spacial score (nSPS) is 14.6. The van der Waals surface area contributed by atoms with Crippen molar-refractivity contribution in [2.24, 2.45) is 11.7 Å². The highest BCUT2D eigenvalue weighted by molar-refractivity contribution is 6.01. The van der Waals surface area contributed by atoms with Gasteiger partial charge in [-0.05, 0) is 31.4 Å². The van der Waals surface area contributed by atoms with Crippen LogP contribution in [0.4, 0.5) is 0 Å². The zero-order chi connectivity index (χ0) is 12.3. The first-order valence-electron chi connectivity index (χ1n) is 5.84. The lowest BCUT2D eigenvalue weighted by Gasteiger charge is -2.18. The van der Waals surface area contributed by atoms with Gasteiger partial charge in [0.15, 0.2) is 5.78 Å². The zero-order valence-corrected chi connectivity index (χ0v) is 10.6. The van der Waals surface area contributed by atoms with Crippen LogP contribution in [0.5, 0.6) is 0 Å². The van der Waals surface area contributed by atoms with Gasteiger partial charge in [0.1, 0.15) is 0 Å². The molecule has 0 bridgehead atoms. The van der Waals surface area contributed by atoms with Crippen LogP contribution in [0.2, 0.25) is 0 Å². The summed E-state index contributed by atoms with van der Waals surface area (Å²) in [6.07, 6.45) is 0.928. The highest BCUT2D eigenvalue weighted by atomic mass is 16.1. The van der Waals surface area contributed by atoms with E-state index in [2.05, 4.69) is 6.92 Å². The van der Waals surface area contributed by atoms with E-state index in [0.717, 1.165) is 23.1 Å². The first-order valence-corrected chi connectivity index (χ1v) is 5.84. The quantitative estimate of drug-likeness (QED) is 0.791. The second-order valence-corrected chi connectivity index (χ2v) is 4.59. The van der Waals surface area contributed by atoms with Crippen molar-refractivity contribution in [3.63, 3.8) is 0 Å². The fraction of sp³-hybridized carbons (Fsp3) is 0.500. The van der Waals surface area contributed by atoms with E-state index in [1.54, 1.807) is 0 Å². The maximum absolute atomic E-state index is 12.2. The molecule has 2 atom stereocenters. The van der Waals surface area contributed by atoms with Gasteiger partial charge in [-0.3, -0.25) is 4.79 Å². The van der Waals surface area contributed by atoms with Gasteiger partial charge in [-0.2, -0.15) is 0 Å². The first kappa shape index (κ1) is 12.9. The van der Waals surface area contributed by atoms with E-state index >= 15 is 0 Å². The van der Waals surface area contributed by atoms with Crippen LogP contribution in [0.1, 0.15) is 41.8 Å². The Morgan fingerprint density at radius 2 is 2.00 bits per heavy atom. The Labute approximate surface area is 97.9 Å². The molecule has 0 aromatic heterocycles. The molecule has 0 heterocycles. The molecule has 1 rings (SSSR count). The van der Waals surface area contributed by atoms with Crippen molar-refractivity contribution >= 4 is 5.78 Å². The van der Waals surface area contributed by atoms with E-state index in [1.807, 2.05) is 39.0 Å². The lowest BCUT2D eigenvalue weighted by atomic mass is 9.90. The van der Waals surface area contributed by atoms with Gasteiger partial charge in [-0.25, -0.2) is 0 Å². The smallest absolute Gasteiger partial charge is 0.180 e. The summed E-state index contributed by atoms with van der Waals surface area (Å²) in [7, 11) is 0. The summed E-state index contributed by atoms with van der Waals surface area (Å²) < 4.78 is 0. The van der Waals surface area contributed by atoms with Gasteiger partial charge in [-0.15, -0.1) is 0 Å². The number of Topliss-reactive ketones (excluding diaryl/α,β-unsaturated/α-hetero) is 1. The average molecular weight is 219 g/mol. The maximum Gasteiger partial charge on any atom is 0.180 e. The minimum absolute atomic E-state index is 0.0653. The molecule has 2 N–H and O–H groups in total. The van der Waals surface area contributed by atoms with Crippen molar-refractivity contribution in [3.8, 4) is 0 Å². The minimum atomic E-state index is -0.384. The van der Waals surface area contributed by atoms with Gasteiger partial charge in [0.05, 0.1) is 6.04 Å². The predicted molar refractivity (Wildman–Crippen MR) is 67.7 cm³/mol. The third-order valence-corrected chi connectivity index (χ3v) is 3.22. The van der Waals surface area contributed by atoms with Gasteiger partial charge in [0.2, 0.25) is 0 Å². The van der Waals surface area contributed by atoms with Gasteiger partial charge in [-0.1, -0.05) is 38.0 Å². The van der Waals surface area contributed by atoms with Crippen LogP contribution in [0, 0.1) is 19.8 Å². The summed E-state index contributed by atoms with van der Waals surface area (Å²) in [5, 5.41) is 0. The van der Waals surface area contributed by atoms with Gasteiger partial charge < -0.3 is 5.73 Å². The van der Waals surface area contributed by atoms with Crippen molar-refractivity contribution in [2.75, 3.05) is 0 Å². The number of ketones is 1. The van der Waals surface area contributed by atoms with Crippen molar-refractivity contribution in [3.05, 3.63) is 34.9 Å². The summed E-state index contributed by atoms with van der Waals surface area (Å²) in [5.74, 6) is 0.294. The second-order valence-electron chi connectivity index (χ2n) is 4.59. The summed E-state index contributed by atoms with van der Waals surface area (Å²) >= 11 is 0. The van der Waals surface area contributed by atoms with Crippen LogP contribution in [-0.2, 0) is 0 Å². The van der Waals surface area contributed by atoms with Crippen LogP contribution in [0.15, 0.2) is 18.2 Å². The molecule has 0 aliphatic rings. The monoisotopic (exact) mass is 219 g/mol. The Balaban J connectivity index is 3.00. The van der Waals surface area contributed by atoms with Crippen molar-refractivity contribution in [1.82, 2.24) is 0 Å². The Bertz CT molecular complexity index is 384. The van der Waals surface area contributed by atoms with Crippen LogP contribution in [-0.4, -0.2) is 11.8 Å². The van der Waals surface area contributed by atoms with Gasteiger partial charge in [0.25, 0.3) is 0 Å². The Morgan fingerprint density at radius 3 is 2.56 bits per heavy atom. The number of hydrogen-bond acceptors (Lipinski definition) is 2. The molecule has 0 fully saturated rings. The van der Waals surface area contributed by atoms with Crippen molar-refractivity contribution in [1.29, 1.82) is 0 Å². The molecule has 16 heavy (non-hydrogen) atoms. The van der Waals surface area contributed by atoms with E-state index in [1.165, 1.54) is 0 Å². The molecular formula is C14H21NO. The molecule has 0 aliphatic carbocycles. The predicted octanol–water partition coefficient (Wildman–Crippen LogP) is 2.86. The molecule has 88 valence electrons. The van der Waals surface area contributed by atoms with E-state index in [9.17, 15) is 4.79 Å². The molecule has 0 aliphatic heterocycles. The van der Waals surface area contributed by atoms with Gasteiger partial charge in [0, 0.05) is 5.56 Å². The molecule has 1 aromatic carbocycles. The number of rotatable bonds is 4. The fourth-order valence-electron chi connectivity index (χ4n) is 1.69. The highest BCUT2D eigenvalue weighted by Crippen LogP contribution is 2.16. The largest absolute Gasteiger partial charge is 0.321 e. The molecule has 0 saturated heterocycles. The molecule has 2 heteroatoms. The van der Waals surface area contributed by atoms with E-state index in [-0.39, 0.29) is 17.7 Å². The third-order valence-electron chi connectivity index (χ3n) is 3.22. The molecular weight excluding hydrogens is 198 g/mol. The van der Waals surface area contributed by atoms with E-state index in [0.29, 0.717) is 0 Å². The number of carbonyl (C=O) groups is 1. The molecule has 2 nitrogen and oxygen atoms in total. The van der Waals surface area contributed by atoms with Crippen LogP contribution >= 0.6 is 0 Å². The standard InChI is InChI=1S/C14H21NO/c1-5-10(3)13(15)14(16)12-8-9(2)6-7-11(12)4/h6-8,10,13H,5,15H2,1-4H3.